The number of hydrogen-bond acceptors (Lipinski definition) is 5. The van der Waals surface area contributed by atoms with Gasteiger partial charge >= 0.3 is 11.9 Å². The second kappa shape index (κ2) is 6.46. The first-order valence-electron chi connectivity index (χ1n) is 5.62. The van der Waals surface area contributed by atoms with Gasteiger partial charge in [-0.3, -0.25) is 14.9 Å². The van der Waals surface area contributed by atoms with E-state index in [1.54, 1.807) is 0 Å². The third-order valence-corrected chi connectivity index (χ3v) is 2.65. The Morgan fingerprint density at radius 3 is 2.60 bits per heavy atom. The summed E-state index contributed by atoms with van der Waals surface area (Å²) in [5.74, 6) is -1.70. The highest BCUT2D eigenvalue weighted by atomic mass is 16.6. The van der Waals surface area contributed by atoms with Gasteiger partial charge in [-0.15, -0.1) is 0 Å². The Hall–Kier alpha value is -2.70. The Labute approximate surface area is 114 Å². The standard InChI is InChI=1S/C13H13NO6/c1-8-10(13(16)17)6-9(7-11(8)14(18)19)4-3-5-12(15)20-2/h3-4,6-7H,5H2,1-2H3,(H,16,17). The summed E-state index contributed by atoms with van der Waals surface area (Å²) in [7, 11) is 1.25. The summed E-state index contributed by atoms with van der Waals surface area (Å²) in [6, 6.07) is 2.58. The summed E-state index contributed by atoms with van der Waals surface area (Å²) in [5.41, 5.74) is 0.00996. The van der Waals surface area contributed by atoms with E-state index < -0.39 is 16.9 Å². The van der Waals surface area contributed by atoms with Gasteiger partial charge in [-0.1, -0.05) is 12.2 Å². The van der Waals surface area contributed by atoms with Crippen LogP contribution in [0.3, 0.4) is 0 Å². The number of carbonyl (C=O) groups is 2. The molecule has 0 unspecified atom stereocenters. The molecule has 7 nitrogen and oxygen atoms in total. The number of nitro groups is 1. The topological polar surface area (TPSA) is 107 Å². The molecule has 0 saturated carbocycles. The zero-order valence-electron chi connectivity index (χ0n) is 11.0. The quantitative estimate of drug-likeness (QED) is 0.503. The summed E-state index contributed by atoms with van der Waals surface area (Å²) in [5, 5.41) is 19.9. The van der Waals surface area contributed by atoms with E-state index in [0.29, 0.717) is 5.56 Å². The van der Waals surface area contributed by atoms with Gasteiger partial charge < -0.3 is 9.84 Å². The van der Waals surface area contributed by atoms with Gasteiger partial charge in [-0.2, -0.15) is 0 Å². The van der Waals surface area contributed by atoms with Crippen molar-refractivity contribution in [3.05, 3.63) is 45.0 Å². The maximum Gasteiger partial charge on any atom is 0.336 e. The lowest BCUT2D eigenvalue weighted by atomic mass is 10.0. The van der Waals surface area contributed by atoms with E-state index in [1.165, 1.54) is 38.3 Å². The van der Waals surface area contributed by atoms with Crippen molar-refractivity contribution in [1.29, 1.82) is 0 Å². The van der Waals surface area contributed by atoms with E-state index in [2.05, 4.69) is 4.74 Å². The van der Waals surface area contributed by atoms with Crippen LogP contribution >= 0.6 is 0 Å². The Morgan fingerprint density at radius 1 is 1.45 bits per heavy atom. The van der Waals surface area contributed by atoms with Crippen molar-refractivity contribution in [1.82, 2.24) is 0 Å². The number of hydrogen-bond donors (Lipinski definition) is 1. The molecule has 0 aliphatic carbocycles. The Balaban J connectivity index is 3.18. The lowest BCUT2D eigenvalue weighted by molar-refractivity contribution is -0.385. The summed E-state index contributed by atoms with van der Waals surface area (Å²) in [4.78, 5) is 32.2. The van der Waals surface area contributed by atoms with Gasteiger partial charge in [-0.25, -0.2) is 4.79 Å². The number of carbonyl (C=O) groups excluding carboxylic acids is 1. The number of ether oxygens (including phenoxy) is 1. The minimum absolute atomic E-state index is 0.000574. The van der Waals surface area contributed by atoms with Gasteiger partial charge in [0.2, 0.25) is 0 Å². The lowest BCUT2D eigenvalue weighted by Gasteiger charge is -2.04. The number of nitro benzene ring substituents is 1. The number of benzene rings is 1. The molecule has 0 aliphatic heterocycles. The predicted octanol–water partition coefficient (Wildman–Crippen LogP) is 2.18. The zero-order chi connectivity index (χ0) is 15.3. The monoisotopic (exact) mass is 279 g/mol. The third kappa shape index (κ3) is 3.64. The van der Waals surface area contributed by atoms with Crippen LogP contribution in [0.15, 0.2) is 18.2 Å². The molecule has 0 spiro atoms. The number of nitrogens with zero attached hydrogens (tertiary/aromatic N) is 1. The fraction of sp³-hybridized carbons (Fsp3) is 0.231. The van der Waals surface area contributed by atoms with Gasteiger partial charge in [-0.05, 0) is 18.6 Å². The van der Waals surface area contributed by atoms with E-state index in [0.717, 1.165) is 0 Å². The number of rotatable bonds is 5. The second-order valence-corrected chi connectivity index (χ2v) is 3.96. The molecule has 0 aromatic heterocycles. The molecule has 0 bridgehead atoms. The molecule has 0 aliphatic rings. The first-order valence-corrected chi connectivity index (χ1v) is 5.62. The molecule has 0 fully saturated rings. The van der Waals surface area contributed by atoms with Gasteiger partial charge in [0.05, 0.1) is 24.0 Å². The molecule has 1 N–H and O–H groups in total. The van der Waals surface area contributed by atoms with Crippen molar-refractivity contribution >= 4 is 23.7 Å². The van der Waals surface area contributed by atoms with Crippen LogP contribution in [0.25, 0.3) is 6.08 Å². The average Bonchev–Trinajstić information content (AvgIpc) is 2.39. The van der Waals surface area contributed by atoms with Crippen molar-refractivity contribution < 1.29 is 24.4 Å². The van der Waals surface area contributed by atoms with Gasteiger partial charge in [0.15, 0.2) is 0 Å². The highest BCUT2D eigenvalue weighted by Gasteiger charge is 2.19. The highest BCUT2D eigenvalue weighted by Crippen LogP contribution is 2.24. The van der Waals surface area contributed by atoms with Crippen LogP contribution in [0, 0.1) is 17.0 Å². The molecule has 106 valence electrons. The van der Waals surface area contributed by atoms with Crippen molar-refractivity contribution in [3.8, 4) is 0 Å². The van der Waals surface area contributed by atoms with Gasteiger partial charge in [0.25, 0.3) is 5.69 Å². The summed E-state index contributed by atoms with van der Waals surface area (Å²) < 4.78 is 4.44. The van der Waals surface area contributed by atoms with Crippen LogP contribution in [-0.4, -0.2) is 29.1 Å². The summed E-state index contributed by atoms with van der Waals surface area (Å²) in [6.45, 7) is 1.38. The number of methoxy groups -OCH3 is 1. The normalized spacial score (nSPS) is 10.5. The summed E-state index contributed by atoms with van der Waals surface area (Å²) >= 11 is 0. The fourth-order valence-corrected chi connectivity index (χ4v) is 1.60. The van der Waals surface area contributed by atoms with Crippen LogP contribution in [0.4, 0.5) is 5.69 Å². The first kappa shape index (κ1) is 15.4. The average molecular weight is 279 g/mol. The Kier molecular flexibility index (Phi) is 4.96. The molecule has 1 aromatic rings. The second-order valence-electron chi connectivity index (χ2n) is 3.96. The predicted molar refractivity (Wildman–Crippen MR) is 70.5 cm³/mol. The van der Waals surface area contributed by atoms with Gasteiger partial charge in [0.1, 0.15) is 0 Å². The number of carboxylic acid groups (broad SMARTS) is 1. The third-order valence-electron chi connectivity index (χ3n) is 2.65. The molecule has 0 amide bonds. The van der Waals surface area contributed by atoms with Crippen LogP contribution in [0.5, 0.6) is 0 Å². The molecule has 0 heterocycles. The van der Waals surface area contributed by atoms with Crippen molar-refractivity contribution in [2.45, 2.75) is 13.3 Å². The van der Waals surface area contributed by atoms with Crippen LogP contribution < -0.4 is 0 Å². The molecule has 0 radical (unpaired) electrons. The van der Waals surface area contributed by atoms with E-state index in [-0.39, 0.29) is 23.2 Å². The summed E-state index contributed by atoms with van der Waals surface area (Å²) in [6.07, 6.45) is 2.89. The maximum atomic E-state index is 11.1. The van der Waals surface area contributed by atoms with Crippen molar-refractivity contribution in [2.24, 2.45) is 0 Å². The first-order chi connectivity index (χ1) is 9.36. The van der Waals surface area contributed by atoms with Gasteiger partial charge in [0, 0.05) is 11.6 Å². The van der Waals surface area contributed by atoms with E-state index in [1.807, 2.05) is 0 Å². The largest absolute Gasteiger partial charge is 0.478 e. The van der Waals surface area contributed by atoms with Crippen LogP contribution in [-0.2, 0) is 9.53 Å². The molecule has 1 aromatic carbocycles. The molecule has 1 rings (SSSR count). The smallest absolute Gasteiger partial charge is 0.336 e. The Bertz CT molecular complexity index is 556. The lowest BCUT2D eigenvalue weighted by Crippen LogP contribution is -2.04. The molecule has 0 saturated heterocycles. The molecule has 7 heteroatoms. The minimum atomic E-state index is -1.24. The highest BCUT2D eigenvalue weighted by molar-refractivity contribution is 5.91. The van der Waals surface area contributed by atoms with E-state index >= 15 is 0 Å². The van der Waals surface area contributed by atoms with Crippen LogP contribution in [0.1, 0.15) is 27.9 Å². The fourth-order valence-electron chi connectivity index (χ4n) is 1.60. The van der Waals surface area contributed by atoms with Crippen molar-refractivity contribution in [2.75, 3.05) is 7.11 Å². The number of aromatic carboxylic acids is 1. The molecule has 0 atom stereocenters. The number of carboxylic acids is 1. The SMILES string of the molecule is COC(=O)CC=Cc1cc(C(=O)O)c(C)c([N+](=O)[O-])c1. The van der Waals surface area contributed by atoms with E-state index in [4.69, 9.17) is 5.11 Å². The minimum Gasteiger partial charge on any atom is -0.478 e. The molecule has 20 heavy (non-hydrogen) atoms. The molecular formula is C13H13NO6. The Morgan fingerprint density at radius 2 is 2.10 bits per heavy atom. The zero-order valence-corrected chi connectivity index (χ0v) is 11.0. The van der Waals surface area contributed by atoms with Crippen molar-refractivity contribution in [3.63, 3.8) is 0 Å². The van der Waals surface area contributed by atoms with E-state index in [9.17, 15) is 19.7 Å². The van der Waals surface area contributed by atoms with Crippen LogP contribution in [0.2, 0.25) is 0 Å². The molecular weight excluding hydrogens is 266 g/mol. The number of esters is 1. The maximum absolute atomic E-state index is 11.1.